The number of hydrogen-bond acceptors (Lipinski definition) is 6. The van der Waals surface area contributed by atoms with Crippen molar-refractivity contribution in [1.29, 1.82) is 0 Å². The quantitative estimate of drug-likeness (QED) is 0.717. The lowest BCUT2D eigenvalue weighted by Crippen LogP contribution is -2.52. The topological polar surface area (TPSA) is 67.7 Å². The van der Waals surface area contributed by atoms with Crippen molar-refractivity contribution < 1.29 is 9.53 Å². The molecule has 4 heterocycles. The second kappa shape index (κ2) is 9.04. The number of rotatable bonds is 4. The lowest BCUT2D eigenvalue weighted by atomic mass is 9.95. The van der Waals surface area contributed by atoms with E-state index in [1.54, 1.807) is 10.7 Å². The van der Waals surface area contributed by atoms with Crippen molar-refractivity contribution in [3.8, 4) is 5.75 Å². The van der Waals surface area contributed by atoms with Crippen LogP contribution in [0.4, 0.5) is 0 Å². The van der Waals surface area contributed by atoms with Crippen LogP contribution < -0.4 is 10.3 Å². The average Bonchev–Trinajstić information content (AvgIpc) is 2.82. The number of aryl methyl sites for hydroxylation is 1. The van der Waals surface area contributed by atoms with Crippen LogP contribution in [0.1, 0.15) is 16.8 Å². The number of amides is 1. The molecule has 0 aliphatic carbocycles. The van der Waals surface area contributed by atoms with Crippen LogP contribution in [0.3, 0.4) is 0 Å². The van der Waals surface area contributed by atoms with Crippen LogP contribution >= 0.6 is 11.8 Å². The van der Waals surface area contributed by atoms with Crippen molar-refractivity contribution >= 4 is 17.7 Å². The molecular weight excluding hydrogens is 412 g/mol. The van der Waals surface area contributed by atoms with Gasteiger partial charge in [-0.2, -0.15) is 16.9 Å². The van der Waals surface area contributed by atoms with Crippen molar-refractivity contribution in [3.05, 3.63) is 57.5 Å². The monoisotopic (exact) mass is 440 g/mol. The first-order valence-electron chi connectivity index (χ1n) is 11.1. The predicted molar refractivity (Wildman–Crippen MR) is 121 cm³/mol. The maximum absolute atomic E-state index is 13.0. The van der Waals surface area contributed by atoms with E-state index in [9.17, 15) is 9.59 Å². The van der Waals surface area contributed by atoms with Gasteiger partial charge in [-0.05, 0) is 29.4 Å². The first-order chi connectivity index (χ1) is 15.2. The van der Waals surface area contributed by atoms with Gasteiger partial charge in [-0.3, -0.25) is 14.5 Å². The fourth-order valence-electron chi connectivity index (χ4n) is 4.59. The van der Waals surface area contributed by atoms with E-state index in [2.05, 4.69) is 10.00 Å². The highest BCUT2D eigenvalue weighted by Gasteiger charge is 2.31. The molecule has 1 fully saturated rings. The molecular formula is C23H28N4O3S. The Bertz CT molecular complexity index is 1020. The molecule has 3 aliphatic heterocycles. The van der Waals surface area contributed by atoms with Crippen molar-refractivity contribution in [2.75, 3.05) is 45.1 Å². The summed E-state index contributed by atoms with van der Waals surface area (Å²) in [4.78, 5) is 29.7. The Hall–Kier alpha value is -2.32. The summed E-state index contributed by atoms with van der Waals surface area (Å²) in [5, 5.41) is 4.61. The first kappa shape index (κ1) is 20.6. The summed E-state index contributed by atoms with van der Waals surface area (Å²) in [5.41, 5.74) is 3.28. The van der Waals surface area contributed by atoms with Crippen LogP contribution in [-0.2, 0) is 29.9 Å². The van der Waals surface area contributed by atoms with Gasteiger partial charge in [-0.15, -0.1) is 0 Å². The number of aromatic nitrogens is 2. The van der Waals surface area contributed by atoms with Crippen LogP contribution in [0.25, 0.3) is 0 Å². The Labute approximate surface area is 186 Å². The number of thioether (sulfide) groups is 1. The minimum atomic E-state index is -0.0992. The Balaban J connectivity index is 1.13. The fourth-order valence-corrected chi connectivity index (χ4v) is 5.54. The van der Waals surface area contributed by atoms with Crippen LogP contribution in [0, 0.1) is 5.92 Å². The van der Waals surface area contributed by atoms with Gasteiger partial charge >= 0.3 is 0 Å². The molecule has 7 nitrogen and oxygen atoms in total. The lowest BCUT2D eigenvalue weighted by molar-refractivity contribution is -0.138. The Morgan fingerprint density at radius 2 is 1.97 bits per heavy atom. The van der Waals surface area contributed by atoms with Crippen molar-refractivity contribution in [2.24, 2.45) is 5.92 Å². The number of piperazine rings is 1. The summed E-state index contributed by atoms with van der Waals surface area (Å²) >= 11 is 1.86. The molecule has 8 heteroatoms. The van der Waals surface area contributed by atoms with Gasteiger partial charge in [0.05, 0.1) is 18.2 Å². The molecule has 3 aliphatic rings. The molecule has 164 valence electrons. The highest BCUT2D eigenvalue weighted by Crippen LogP contribution is 2.28. The van der Waals surface area contributed by atoms with Crippen LogP contribution in [-0.4, -0.2) is 70.6 Å². The van der Waals surface area contributed by atoms with E-state index in [4.69, 9.17) is 4.74 Å². The molecule has 0 N–H and O–H groups in total. The summed E-state index contributed by atoms with van der Waals surface area (Å²) < 4.78 is 7.42. The van der Waals surface area contributed by atoms with Crippen molar-refractivity contribution in [2.45, 2.75) is 25.1 Å². The second-order valence-electron chi connectivity index (χ2n) is 8.47. The third-order valence-electron chi connectivity index (χ3n) is 6.45. The van der Waals surface area contributed by atoms with E-state index in [-0.39, 0.29) is 17.4 Å². The number of fused-ring (bicyclic) bond motifs is 2. The smallest absolute Gasteiger partial charge is 0.267 e. The van der Waals surface area contributed by atoms with E-state index >= 15 is 0 Å². The van der Waals surface area contributed by atoms with Crippen LogP contribution in [0.2, 0.25) is 0 Å². The molecule has 31 heavy (non-hydrogen) atoms. The van der Waals surface area contributed by atoms with E-state index < -0.39 is 0 Å². The zero-order valence-electron chi connectivity index (χ0n) is 17.7. The molecule has 0 saturated carbocycles. The number of nitrogens with zero attached hydrogens (tertiary/aromatic N) is 4. The van der Waals surface area contributed by atoms with Crippen LogP contribution in [0.15, 0.2) is 35.1 Å². The van der Waals surface area contributed by atoms with Gasteiger partial charge < -0.3 is 9.64 Å². The van der Waals surface area contributed by atoms with Gasteiger partial charge in [0, 0.05) is 51.0 Å². The van der Waals surface area contributed by atoms with E-state index in [0.717, 1.165) is 79.6 Å². The van der Waals surface area contributed by atoms with Gasteiger partial charge in [-0.25, -0.2) is 4.68 Å². The maximum atomic E-state index is 13.0. The molecule has 1 amide bonds. The van der Waals surface area contributed by atoms with E-state index in [0.29, 0.717) is 13.2 Å². The molecule has 1 atom stereocenters. The number of carbonyl (C=O) groups excluding carboxylic acids is 1. The zero-order chi connectivity index (χ0) is 21.2. The average molecular weight is 441 g/mol. The number of hydrogen-bond donors (Lipinski definition) is 0. The highest BCUT2D eigenvalue weighted by molar-refractivity contribution is 7.98. The summed E-state index contributed by atoms with van der Waals surface area (Å²) in [5.74, 6) is 2.97. The molecule has 0 spiro atoms. The van der Waals surface area contributed by atoms with Gasteiger partial charge in [0.15, 0.2) is 0 Å². The van der Waals surface area contributed by atoms with E-state index in [1.165, 1.54) is 0 Å². The van der Waals surface area contributed by atoms with E-state index in [1.807, 2.05) is 40.9 Å². The highest BCUT2D eigenvalue weighted by atomic mass is 32.2. The minimum absolute atomic E-state index is 0.00681. The molecule has 1 aromatic carbocycles. The summed E-state index contributed by atoms with van der Waals surface area (Å²) in [6.45, 7) is 4.93. The number of carbonyl (C=O) groups is 1. The van der Waals surface area contributed by atoms with Crippen molar-refractivity contribution in [3.63, 3.8) is 0 Å². The standard InChI is InChI=1S/C23H28N4O3S/c28-22-14-19-16-31-12-5-20(19)24-27(22)11-8-25-6-9-26(10-7-25)23(29)18-13-17-3-1-2-4-21(17)30-15-18/h1-4,14,18H,5-13,15-16H2. The molecule has 1 unspecified atom stereocenters. The Morgan fingerprint density at radius 3 is 2.84 bits per heavy atom. The van der Waals surface area contributed by atoms with Gasteiger partial charge in [0.25, 0.3) is 5.56 Å². The zero-order valence-corrected chi connectivity index (χ0v) is 18.5. The van der Waals surface area contributed by atoms with Crippen molar-refractivity contribution in [1.82, 2.24) is 19.6 Å². The third kappa shape index (κ3) is 4.50. The minimum Gasteiger partial charge on any atom is -0.492 e. The fraction of sp³-hybridized carbons (Fsp3) is 0.522. The largest absolute Gasteiger partial charge is 0.492 e. The second-order valence-corrected chi connectivity index (χ2v) is 9.57. The van der Waals surface area contributed by atoms with Gasteiger partial charge in [0.2, 0.25) is 5.91 Å². The predicted octanol–water partition coefficient (Wildman–Crippen LogP) is 1.43. The molecule has 1 aromatic heterocycles. The summed E-state index contributed by atoms with van der Waals surface area (Å²) in [6, 6.07) is 9.73. The normalized spacial score (nSPS) is 21.2. The van der Waals surface area contributed by atoms with Gasteiger partial charge in [0.1, 0.15) is 12.4 Å². The van der Waals surface area contributed by atoms with Crippen LogP contribution in [0.5, 0.6) is 5.75 Å². The molecule has 2 aromatic rings. The first-order valence-corrected chi connectivity index (χ1v) is 12.2. The van der Waals surface area contributed by atoms with Gasteiger partial charge in [-0.1, -0.05) is 18.2 Å². The third-order valence-corrected chi connectivity index (χ3v) is 7.45. The molecule has 0 bridgehead atoms. The lowest BCUT2D eigenvalue weighted by Gasteiger charge is -2.37. The summed E-state index contributed by atoms with van der Waals surface area (Å²) in [6.07, 6.45) is 1.69. The molecule has 0 radical (unpaired) electrons. The summed E-state index contributed by atoms with van der Waals surface area (Å²) in [7, 11) is 0. The number of benzene rings is 1. The maximum Gasteiger partial charge on any atom is 0.267 e. The number of para-hydroxylation sites is 1. The Morgan fingerprint density at radius 1 is 1.13 bits per heavy atom. The molecule has 1 saturated heterocycles. The SMILES string of the molecule is O=C(C1COc2ccccc2C1)N1CCN(CCn2nc3c(cc2=O)CSCC3)CC1. The number of ether oxygens (including phenoxy) is 1. The molecule has 5 rings (SSSR count). The Kier molecular flexibility index (Phi) is 6.00.